The van der Waals surface area contributed by atoms with Gasteiger partial charge in [0.1, 0.15) is 0 Å². The predicted molar refractivity (Wildman–Crippen MR) is 38.0 cm³/mol. The zero-order valence-corrected chi connectivity index (χ0v) is 6.39. The summed E-state index contributed by atoms with van der Waals surface area (Å²) >= 11 is 0. The molecule has 0 saturated heterocycles. The van der Waals surface area contributed by atoms with E-state index in [4.69, 9.17) is 5.73 Å². The molecule has 0 spiro atoms. The third kappa shape index (κ3) is 4.29. The Morgan fingerprint density at radius 3 is 2.80 bits per heavy atom. The molecular weight excluding hydrogens is 132 g/mol. The van der Waals surface area contributed by atoms with E-state index < -0.39 is 0 Å². The summed E-state index contributed by atoms with van der Waals surface area (Å²) in [5.41, 5.74) is 7.68. The van der Waals surface area contributed by atoms with E-state index in [1.807, 2.05) is 6.92 Å². The lowest BCUT2D eigenvalue weighted by molar-refractivity contribution is -0.131. The minimum Gasteiger partial charge on any atom is -0.327 e. The van der Waals surface area contributed by atoms with Gasteiger partial charge in [-0.2, -0.15) is 0 Å². The summed E-state index contributed by atoms with van der Waals surface area (Å²) in [5, 5.41) is 0. The fourth-order valence-electron chi connectivity index (χ4n) is 0.538. The molecule has 1 unspecified atom stereocenters. The quantitative estimate of drug-likeness (QED) is 0.539. The van der Waals surface area contributed by atoms with Gasteiger partial charge in [-0.25, -0.2) is 5.48 Å². The van der Waals surface area contributed by atoms with Crippen molar-refractivity contribution >= 4 is 5.91 Å². The fourth-order valence-corrected chi connectivity index (χ4v) is 0.538. The molecule has 0 aliphatic heterocycles. The van der Waals surface area contributed by atoms with E-state index >= 15 is 0 Å². The normalized spacial score (nSPS) is 12.7. The smallest absolute Gasteiger partial charge is 0.245 e. The first kappa shape index (κ1) is 9.39. The van der Waals surface area contributed by atoms with E-state index in [-0.39, 0.29) is 11.9 Å². The van der Waals surface area contributed by atoms with E-state index in [1.165, 1.54) is 7.11 Å². The van der Waals surface area contributed by atoms with E-state index in [1.54, 1.807) is 0 Å². The summed E-state index contributed by atoms with van der Waals surface area (Å²) in [7, 11) is 1.40. The van der Waals surface area contributed by atoms with Gasteiger partial charge in [0.25, 0.3) is 0 Å². The molecular formula is C6H14N2O2. The minimum atomic E-state index is -0.170. The van der Waals surface area contributed by atoms with E-state index in [2.05, 4.69) is 10.3 Å². The molecule has 60 valence electrons. The molecule has 0 fully saturated rings. The number of hydrogen-bond donors (Lipinski definition) is 2. The summed E-state index contributed by atoms with van der Waals surface area (Å²) in [6.07, 6.45) is 1.13. The van der Waals surface area contributed by atoms with Gasteiger partial charge in [-0.3, -0.25) is 9.63 Å². The van der Waals surface area contributed by atoms with Crippen LogP contribution in [-0.2, 0) is 9.63 Å². The first-order valence-corrected chi connectivity index (χ1v) is 3.28. The first-order chi connectivity index (χ1) is 4.70. The van der Waals surface area contributed by atoms with Crippen LogP contribution >= 0.6 is 0 Å². The third-order valence-electron chi connectivity index (χ3n) is 1.19. The van der Waals surface area contributed by atoms with Crippen molar-refractivity contribution in [2.45, 2.75) is 25.8 Å². The fraction of sp³-hybridized carbons (Fsp3) is 0.833. The number of rotatable bonds is 4. The summed E-state index contributed by atoms with van der Waals surface area (Å²) in [4.78, 5) is 15.1. The van der Waals surface area contributed by atoms with Gasteiger partial charge in [-0.05, 0) is 6.42 Å². The average Bonchev–Trinajstić information content (AvgIpc) is 1.88. The second-order valence-electron chi connectivity index (χ2n) is 2.10. The van der Waals surface area contributed by atoms with Gasteiger partial charge < -0.3 is 5.73 Å². The predicted octanol–water partition coefficient (Wildman–Crippen LogP) is -0.209. The van der Waals surface area contributed by atoms with Crippen molar-refractivity contribution < 1.29 is 9.63 Å². The molecule has 0 aliphatic rings. The van der Waals surface area contributed by atoms with Crippen LogP contribution < -0.4 is 11.2 Å². The molecule has 0 aromatic rings. The lowest BCUT2D eigenvalue weighted by atomic mass is 10.2. The van der Waals surface area contributed by atoms with Gasteiger partial charge in [-0.1, -0.05) is 6.92 Å². The minimum absolute atomic E-state index is 0.0600. The number of hydroxylamine groups is 1. The molecule has 4 heteroatoms. The Morgan fingerprint density at radius 2 is 2.40 bits per heavy atom. The van der Waals surface area contributed by atoms with Gasteiger partial charge in [0.05, 0.1) is 7.11 Å². The molecule has 0 radical (unpaired) electrons. The van der Waals surface area contributed by atoms with Crippen molar-refractivity contribution in [1.29, 1.82) is 0 Å². The van der Waals surface area contributed by atoms with Crippen LogP contribution in [0.2, 0.25) is 0 Å². The average molecular weight is 146 g/mol. The van der Waals surface area contributed by atoms with Gasteiger partial charge in [0.15, 0.2) is 0 Å². The highest BCUT2D eigenvalue weighted by Crippen LogP contribution is 1.91. The lowest BCUT2D eigenvalue weighted by Crippen LogP contribution is -2.30. The molecule has 0 aromatic carbocycles. The maximum Gasteiger partial charge on any atom is 0.245 e. The Bertz CT molecular complexity index is 106. The van der Waals surface area contributed by atoms with Crippen molar-refractivity contribution in [3.05, 3.63) is 0 Å². The number of carbonyl (C=O) groups excluding carboxylic acids is 1. The Balaban J connectivity index is 3.37. The highest BCUT2D eigenvalue weighted by Gasteiger charge is 2.05. The molecule has 0 aliphatic carbocycles. The SMILES string of the molecule is CCC(N)CC(=O)NOC. The lowest BCUT2D eigenvalue weighted by Gasteiger charge is -2.06. The molecule has 4 nitrogen and oxygen atoms in total. The third-order valence-corrected chi connectivity index (χ3v) is 1.19. The summed E-state index contributed by atoms with van der Waals surface area (Å²) in [6, 6.07) is -0.0600. The molecule has 3 N–H and O–H groups in total. The summed E-state index contributed by atoms with van der Waals surface area (Å²) in [6.45, 7) is 1.94. The maximum absolute atomic E-state index is 10.7. The molecule has 0 aromatic heterocycles. The number of carbonyl (C=O) groups is 1. The highest BCUT2D eigenvalue weighted by molar-refractivity contribution is 5.75. The van der Waals surface area contributed by atoms with Crippen molar-refractivity contribution in [2.75, 3.05) is 7.11 Å². The van der Waals surface area contributed by atoms with Crippen LogP contribution in [0.1, 0.15) is 19.8 Å². The Morgan fingerprint density at radius 1 is 1.80 bits per heavy atom. The van der Waals surface area contributed by atoms with Crippen LogP contribution in [0, 0.1) is 0 Å². The van der Waals surface area contributed by atoms with Gasteiger partial charge in [0.2, 0.25) is 5.91 Å². The van der Waals surface area contributed by atoms with E-state index in [9.17, 15) is 4.79 Å². The monoisotopic (exact) mass is 146 g/mol. The topological polar surface area (TPSA) is 64.4 Å². The molecule has 0 bridgehead atoms. The van der Waals surface area contributed by atoms with Crippen molar-refractivity contribution in [3.8, 4) is 0 Å². The second kappa shape index (κ2) is 5.20. The second-order valence-corrected chi connectivity index (χ2v) is 2.10. The van der Waals surface area contributed by atoms with Crippen LogP contribution in [0.3, 0.4) is 0 Å². The molecule has 0 heterocycles. The Labute approximate surface area is 60.7 Å². The zero-order valence-electron chi connectivity index (χ0n) is 6.39. The first-order valence-electron chi connectivity index (χ1n) is 3.28. The van der Waals surface area contributed by atoms with Gasteiger partial charge in [-0.15, -0.1) is 0 Å². The van der Waals surface area contributed by atoms with Gasteiger partial charge in [0, 0.05) is 12.5 Å². The van der Waals surface area contributed by atoms with Crippen LogP contribution in [-0.4, -0.2) is 19.1 Å². The van der Waals surface area contributed by atoms with E-state index in [0.29, 0.717) is 6.42 Å². The van der Waals surface area contributed by atoms with Crippen molar-refractivity contribution in [2.24, 2.45) is 5.73 Å². The largest absolute Gasteiger partial charge is 0.327 e. The van der Waals surface area contributed by atoms with Crippen LogP contribution in [0.15, 0.2) is 0 Å². The van der Waals surface area contributed by atoms with Crippen LogP contribution in [0.4, 0.5) is 0 Å². The van der Waals surface area contributed by atoms with Crippen LogP contribution in [0.5, 0.6) is 0 Å². The zero-order chi connectivity index (χ0) is 7.98. The van der Waals surface area contributed by atoms with Crippen LogP contribution in [0.25, 0.3) is 0 Å². The molecule has 1 amide bonds. The summed E-state index contributed by atoms with van der Waals surface area (Å²) < 4.78 is 0. The molecule has 0 rings (SSSR count). The molecule has 1 atom stereocenters. The maximum atomic E-state index is 10.7. The number of amides is 1. The van der Waals surface area contributed by atoms with E-state index in [0.717, 1.165) is 6.42 Å². The number of nitrogens with two attached hydrogens (primary N) is 1. The van der Waals surface area contributed by atoms with Crippen molar-refractivity contribution in [3.63, 3.8) is 0 Å². The highest BCUT2D eigenvalue weighted by atomic mass is 16.6. The van der Waals surface area contributed by atoms with Gasteiger partial charge >= 0.3 is 0 Å². The summed E-state index contributed by atoms with van der Waals surface area (Å²) in [5.74, 6) is -0.170. The molecule has 0 saturated carbocycles. The number of hydrogen-bond acceptors (Lipinski definition) is 3. The Hall–Kier alpha value is -0.610. The standard InChI is InChI=1S/C6H14N2O2/c1-3-5(7)4-6(9)8-10-2/h5H,3-4,7H2,1-2H3,(H,8,9). The number of nitrogens with one attached hydrogen (secondary N) is 1. The van der Waals surface area contributed by atoms with Crippen molar-refractivity contribution in [1.82, 2.24) is 5.48 Å². The molecule has 10 heavy (non-hydrogen) atoms. The Kier molecular flexibility index (Phi) is 4.88.